The van der Waals surface area contributed by atoms with Crippen LogP contribution in [0.1, 0.15) is 31.6 Å². The number of aromatic nitrogens is 1. The van der Waals surface area contributed by atoms with Gasteiger partial charge in [0.2, 0.25) is 0 Å². The van der Waals surface area contributed by atoms with Crippen molar-refractivity contribution in [2.45, 2.75) is 33.3 Å². The van der Waals surface area contributed by atoms with Gasteiger partial charge in [-0.2, -0.15) is 0 Å². The van der Waals surface area contributed by atoms with Crippen molar-refractivity contribution in [2.24, 2.45) is 0 Å². The molecule has 0 radical (unpaired) electrons. The molecule has 1 aromatic heterocycles. The summed E-state index contributed by atoms with van der Waals surface area (Å²) in [4.78, 5) is 24.1. The van der Waals surface area contributed by atoms with Crippen molar-refractivity contribution < 1.29 is 28.3 Å². The zero-order valence-electron chi connectivity index (χ0n) is 16.7. The SMILES string of the molecule is CCCOc1c(Cl)cc(/C=C/C(=O)O[C@@H](C)C(=O)Nc2cc(C)on2)cc1OC. The third-order valence-electron chi connectivity index (χ3n) is 3.66. The van der Waals surface area contributed by atoms with E-state index in [9.17, 15) is 9.59 Å². The van der Waals surface area contributed by atoms with Crippen LogP contribution in [0.15, 0.2) is 28.8 Å². The van der Waals surface area contributed by atoms with Crippen LogP contribution in [0.3, 0.4) is 0 Å². The zero-order valence-corrected chi connectivity index (χ0v) is 17.4. The summed E-state index contributed by atoms with van der Waals surface area (Å²) in [5, 5.41) is 6.50. The van der Waals surface area contributed by atoms with Crippen LogP contribution in [0, 0.1) is 6.92 Å². The minimum absolute atomic E-state index is 0.248. The van der Waals surface area contributed by atoms with E-state index in [0.29, 0.717) is 34.5 Å². The minimum atomic E-state index is -1.02. The number of hydrogen-bond acceptors (Lipinski definition) is 7. The fraction of sp³-hybridized carbons (Fsp3) is 0.350. The van der Waals surface area contributed by atoms with Crippen LogP contribution < -0.4 is 14.8 Å². The summed E-state index contributed by atoms with van der Waals surface area (Å²) in [6.07, 6.45) is 2.51. The summed E-state index contributed by atoms with van der Waals surface area (Å²) < 4.78 is 20.8. The number of carbonyl (C=O) groups excluding carboxylic acids is 2. The first-order valence-electron chi connectivity index (χ1n) is 8.97. The maximum absolute atomic E-state index is 12.0. The number of rotatable bonds is 9. The Bertz CT molecular complexity index is 893. The molecule has 1 heterocycles. The Morgan fingerprint density at radius 3 is 2.72 bits per heavy atom. The molecule has 1 N–H and O–H groups in total. The van der Waals surface area contributed by atoms with E-state index in [1.54, 1.807) is 25.1 Å². The number of anilines is 1. The monoisotopic (exact) mass is 422 g/mol. The highest BCUT2D eigenvalue weighted by Gasteiger charge is 2.18. The molecule has 0 saturated carbocycles. The number of carbonyl (C=O) groups is 2. The number of benzene rings is 1. The van der Waals surface area contributed by atoms with Crippen molar-refractivity contribution in [3.8, 4) is 11.5 Å². The van der Waals surface area contributed by atoms with Gasteiger partial charge in [-0.1, -0.05) is 23.7 Å². The van der Waals surface area contributed by atoms with Gasteiger partial charge in [-0.05, 0) is 44.0 Å². The Morgan fingerprint density at radius 1 is 1.34 bits per heavy atom. The first-order chi connectivity index (χ1) is 13.8. The lowest BCUT2D eigenvalue weighted by Gasteiger charge is -2.13. The lowest BCUT2D eigenvalue weighted by Crippen LogP contribution is -2.29. The van der Waals surface area contributed by atoms with Crippen LogP contribution in [0.2, 0.25) is 5.02 Å². The average molecular weight is 423 g/mol. The highest BCUT2D eigenvalue weighted by Crippen LogP contribution is 2.36. The molecule has 0 aliphatic carbocycles. The number of nitrogens with one attached hydrogen (secondary N) is 1. The van der Waals surface area contributed by atoms with Crippen molar-refractivity contribution in [3.05, 3.63) is 40.6 Å². The van der Waals surface area contributed by atoms with Gasteiger partial charge in [0, 0.05) is 12.1 Å². The molecule has 2 aromatic rings. The molecule has 0 spiro atoms. The predicted molar refractivity (Wildman–Crippen MR) is 108 cm³/mol. The smallest absolute Gasteiger partial charge is 0.331 e. The Morgan fingerprint density at radius 2 is 2.10 bits per heavy atom. The molecule has 1 atom stereocenters. The lowest BCUT2D eigenvalue weighted by atomic mass is 10.2. The second-order valence-electron chi connectivity index (χ2n) is 6.11. The number of methoxy groups -OCH3 is 1. The Hall–Kier alpha value is -3.00. The van der Waals surface area contributed by atoms with Gasteiger partial charge < -0.3 is 24.1 Å². The zero-order chi connectivity index (χ0) is 21.4. The molecule has 0 bridgehead atoms. The average Bonchev–Trinajstić information content (AvgIpc) is 3.09. The van der Waals surface area contributed by atoms with Gasteiger partial charge in [0.05, 0.1) is 18.7 Å². The Balaban J connectivity index is 1.98. The molecule has 0 unspecified atom stereocenters. The van der Waals surface area contributed by atoms with Gasteiger partial charge in [0.1, 0.15) is 5.76 Å². The fourth-order valence-corrected chi connectivity index (χ4v) is 2.54. The largest absolute Gasteiger partial charge is 0.493 e. The maximum atomic E-state index is 12.0. The number of nitrogens with zero attached hydrogens (tertiary/aromatic N) is 1. The van der Waals surface area contributed by atoms with Crippen molar-refractivity contribution >= 4 is 35.4 Å². The molecule has 0 fully saturated rings. The van der Waals surface area contributed by atoms with Crippen molar-refractivity contribution in [1.29, 1.82) is 0 Å². The minimum Gasteiger partial charge on any atom is -0.493 e. The van der Waals surface area contributed by atoms with Gasteiger partial charge in [-0.15, -0.1) is 0 Å². The molecule has 2 rings (SSSR count). The molecule has 1 aromatic carbocycles. The van der Waals surface area contributed by atoms with Crippen LogP contribution >= 0.6 is 11.6 Å². The maximum Gasteiger partial charge on any atom is 0.331 e. The highest BCUT2D eigenvalue weighted by atomic mass is 35.5. The summed E-state index contributed by atoms with van der Waals surface area (Å²) in [5.41, 5.74) is 0.614. The van der Waals surface area contributed by atoms with Crippen molar-refractivity contribution in [2.75, 3.05) is 19.0 Å². The molecule has 8 nitrogen and oxygen atoms in total. The highest BCUT2D eigenvalue weighted by molar-refractivity contribution is 6.32. The number of aryl methyl sites for hydroxylation is 1. The van der Waals surface area contributed by atoms with E-state index in [1.807, 2.05) is 6.92 Å². The summed E-state index contributed by atoms with van der Waals surface area (Å²) in [5.74, 6) is 0.484. The number of ether oxygens (including phenoxy) is 3. The molecule has 29 heavy (non-hydrogen) atoms. The number of amides is 1. The van der Waals surface area contributed by atoms with Crippen LogP contribution in [-0.2, 0) is 14.3 Å². The fourth-order valence-electron chi connectivity index (χ4n) is 2.26. The standard InChI is InChI=1S/C20H23ClN2O6/c1-5-8-27-19-15(21)10-14(11-16(19)26-4)6-7-18(24)28-13(3)20(25)22-17-9-12(2)29-23-17/h6-7,9-11,13H,5,8H2,1-4H3,(H,22,23,25)/b7-6+/t13-/m0/s1. The third kappa shape index (κ3) is 6.53. The van der Waals surface area contributed by atoms with E-state index in [2.05, 4.69) is 10.5 Å². The molecular weight excluding hydrogens is 400 g/mol. The number of esters is 1. The molecule has 0 aliphatic heterocycles. The van der Waals surface area contributed by atoms with Gasteiger partial charge in [-0.3, -0.25) is 4.79 Å². The quantitative estimate of drug-likeness (QED) is 0.481. The van der Waals surface area contributed by atoms with E-state index in [1.165, 1.54) is 26.2 Å². The van der Waals surface area contributed by atoms with Crippen LogP contribution in [0.4, 0.5) is 5.82 Å². The normalized spacial score (nSPS) is 11.9. The molecule has 9 heteroatoms. The summed E-state index contributed by atoms with van der Waals surface area (Å²) >= 11 is 6.25. The van der Waals surface area contributed by atoms with Gasteiger partial charge >= 0.3 is 5.97 Å². The van der Waals surface area contributed by atoms with Crippen molar-refractivity contribution in [1.82, 2.24) is 5.16 Å². The van der Waals surface area contributed by atoms with Gasteiger partial charge in [0.25, 0.3) is 5.91 Å². The number of hydrogen-bond donors (Lipinski definition) is 1. The van der Waals surface area contributed by atoms with Gasteiger partial charge in [-0.25, -0.2) is 4.79 Å². The number of halogens is 1. The summed E-state index contributed by atoms with van der Waals surface area (Å²) in [6, 6.07) is 4.88. The molecular formula is C20H23ClN2O6. The van der Waals surface area contributed by atoms with E-state index in [4.69, 9.17) is 30.3 Å². The van der Waals surface area contributed by atoms with E-state index in [0.717, 1.165) is 6.42 Å². The second-order valence-corrected chi connectivity index (χ2v) is 6.51. The molecule has 0 saturated heterocycles. The lowest BCUT2D eigenvalue weighted by molar-refractivity contribution is -0.148. The van der Waals surface area contributed by atoms with Crippen LogP contribution in [0.25, 0.3) is 6.08 Å². The topological polar surface area (TPSA) is 99.9 Å². The van der Waals surface area contributed by atoms with E-state index in [-0.39, 0.29) is 5.82 Å². The Labute approximate surface area is 173 Å². The molecule has 156 valence electrons. The van der Waals surface area contributed by atoms with Gasteiger partial charge in [0.15, 0.2) is 23.4 Å². The molecule has 1 amide bonds. The van der Waals surface area contributed by atoms with Crippen LogP contribution in [-0.4, -0.2) is 36.9 Å². The second kappa shape index (κ2) is 10.5. The van der Waals surface area contributed by atoms with Crippen LogP contribution in [0.5, 0.6) is 11.5 Å². The predicted octanol–water partition coefficient (Wildman–Crippen LogP) is 4.02. The first kappa shape index (κ1) is 22.3. The summed E-state index contributed by atoms with van der Waals surface area (Å²) in [7, 11) is 1.50. The van der Waals surface area contributed by atoms with Crippen molar-refractivity contribution in [3.63, 3.8) is 0 Å². The summed E-state index contributed by atoms with van der Waals surface area (Å²) in [6.45, 7) is 5.64. The van der Waals surface area contributed by atoms with E-state index < -0.39 is 18.0 Å². The Kier molecular flexibility index (Phi) is 8.09. The first-order valence-corrected chi connectivity index (χ1v) is 9.35. The molecule has 0 aliphatic rings. The third-order valence-corrected chi connectivity index (χ3v) is 3.94. The van der Waals surface area contributed by atoms with E-state index >= 15 is 0 Å².